The number of para-hydroxylation sites is 1. The van der Waals surface area contributed by atoms with Crippen molar-refractivity contribution in [2.24, 2.45) is 0 Å². The first-order chi connectivity index (χ1) is 8.27. The minimum absolute atomic E-state index is 0.269. The Hall–Kier alpha value is -1.04. The van der Waals surface area contributed by atoms with Gasteiger partial charge in [0.15, 0.2) is 0 Å². The number of carbonyl (C=O) groups excluding carboxylic acids is 1. The number of halogens is 1. The Morgan fingerprint density at radius 1 is 1.41 bits per heavy atom. The van der Waals surface area contributed by atoms with Crippen molar-refractivity contribution in [1.82, 2.24) is 4.57 Å². The molecule has 0 fully saturated rings. The number of methoxy groups -OCH3 is 1. The van der Waals surface area contributed by atoms with Gasteiger partial charge >= 0.3 is 5.97 Å². The van der Waals surface area contributed by atoms with E-state index in [1.54, 1.807) is 0 Å². The second-order valence-electron chi connectivity index (χ2n) is 3.79. The predicted molar refractivity (Wildman–Crippen MR) is 76.8 cm³/mol. The van der Waals surface area contributed by atoms with Gasteiger partial charge in [-0.1, -0.05) is 40.8 Å². The van der Waals surface area contributed by atoms with Gasteiger partial charge in [0.2, 0.25) is 0 Å². The maximum Gasteiger partial charge on any atom is 0.340 e. The molecule has 0 amide bonds. The Bertz CT molecular complexity index is 533. The normalized spacial score (nSPS) is 10.7. The number of rotatable bonds is 4. The van der Waals surface area contributed by atoms with Crippen molar-refractivity contribution in [3.8, 4) is 0 Å². The van der Waals surface area contributed by atoms with E-state index in [1.165, 1.54) is 7.11 Å². The van der Waals surface area contributed by atoms with E-state index >= 15 is 0 Å². The van der Waals surface area contributed by atoms with Gasteiger partial charge in [0.05, 0.1) is 12.7 Å². The van der Waals surface area contributed by atoms with Crippen molar-refractivity contribution < 1.29 is 9.53 Å². The van der Waals surface area contributed by atoms with Crippen molar-refractivity contribution in [3.63, 3.8) is 0 Å². The van der Waals surface area contributed by atoms with Crippen molar-refractivity contribution in [2.45, 2.75) is 13.0 Å². The highest BCUT2D eigenvalue weighted by Gasteiger charge is 2.14. The lowest BCUT2D eigenvalue weighted by Gasteiger charge is -2.02. The molecule has 0 aliphatic carbocycles. The van der Waals surface area contributed by atoms with Crippen LogP contribution in [0.1, 0.15) is 16.8 Å². The molecule has 0 radical (unpaired) electrons. The van der Waals surface area contributed by atoms with Crippen LogP contribution < -0.4 is 0 Å². The fourth-order valence-electron chi connectivity index (χ4n) is 1.93. The molecule has 0 atom stereocenters. The van der Waals surface area contributed by atoms with Crippen LogP contribution in [0.25, 0.3) is 10.9 Å². The van der Waals surface area contributed by atoms with E-state index < -0.39 is 0 Å². The predicted octanol–water partition coefficient (Wildman–Crippen LogP) is 3.25. The van der Waals surface area contributed by atoms with Crippen LogP contribution in [0.5, 0.6) is 0 Å². The third-order valence-electron chi connectivity index (χ3n) is 2.73. The van der Waals surface area contributed by atoms with Crippen molar-refractivity contribution in [3.05, 3.63) is 36.0 Å². The zero-order valence-electron chi connectivity index (χ0n) is 9.65. The molecular formula is C13H14INO2. The summed E-state index contributed by atoms with van der Waals surface area (Å²) < 4.78 is 8.04. The van der Waals surface area contributed by atoms with E-state index in [-0.39, 0.29) is 5.97 Å². The number of nitrogens with zero attached hydrogens (tertiary/aromatic N) is 1. The van der Waals surface area contributed by atoms with Gasteiger partial charge in [0.25, 0.3) is 0 Å². The molecule has 1 aromatic heterocycles. The molecule has 0 bridgehead atoms. The standard InChI is InChI=1S/C13H14INO2/c1-17-13(16)11-9-15(8-4-7-14)12-6-3-2-5-10(11)12/h2-3,5-6,9H,4,7-8H2,1H3. The molecule has 0 aliphatic rings. The molecule has 0 unspecified atom stereocenters. The lowest BCUT2D eigenvalue weighted by Crippen LogP contribution is -2.00. The van der Waals surface area contributed by atoms with Crippen LogP contribution in [-0.2, 0) is 11.3 Å². The Labute approximate surface area is 114 Å². The molecule has 3 nitrogen and oxygen atoms in total. The average molecular weight is 343 g/mol. The molecule has 0 N–H and O–H groups in total. The monoisotopic (exact) mass is 343 g/mol. The molecule has 0 saturated carbocycles. The number of fused-ring (bicyclic) bond motifs is 1. The maximum atomic E-state index is 11.7. The molecule has 2 rings (SSSR count). The van der Waals surface area contributed by atoms with Crippen LogP contribution in [0, 0.1) is 0 Å². The fourth-order valence-corrected chi connectivity index (χ4v) is 2.28. The summed E-state index contributed by atoms with van der Waals surface area (Å²) in [5.74, 6) is -0.269. The summed E-state index contributed by atoms with van der Waals surface area (Å²) in [5.41, 5.74) is 1.74. The Kier molecular flexibility index (Phi) is 4.04. The zero-order chi connectivity index (χ0) is 12.3. The SMILES string of the molecule is COC(=O)c1cn(CCCI)c2ccccc12. The molecule has 0 aliphatic heterocycles. The number of benzene rings is 1. The van der Waals surface area contributed by atoms with Gasteiger partial charge in [0.1, 0.15) is 0 Å². The number of hydrogen-bond acceptors (Lipinski definition) is 2. The number of carbonyl (C=O) groups is 1. The van der Waals surface area contributed by atoms with Gasteiger partial charge in [0, 0.05) is 28.1 Å². The zero-order valence-corrected chi connectivity index (χ0v) is 11.8. The van der Waals surface area contributed by atoms with E-state index in [0.717, 1.165) is 28.3 Å². The molecule has 1 aromatic carbocycles. The van der Waals surface area contributed by atoms with E-state index in [4.69, 9.17) is 4.74 Å². The number of aryl methyl sites for hydroxylation is 1. The summed E-state index contributed by atoms with van der Waals surface area (Å²) in [6.07, 6.45) is 2.99. The van der Waals surface area contributed by atoms with E-state index in [9.17, 15) is 4.79 Å². The highest BCUT2D eigenvalue weighted by Crippen LogP contribution is 2.22. The molecule has 2 aromatic rings. The fraction of sp³-hybridized carbons (Fsp3) is 0.308. The molecule has 0 spiro atoms. The molecule has 90 valence electrons. The van der Waals surface area contributed by atoms with Crippen LogP contribution in [0.3, 0.4) is 0 Å². The number of aromatic nitrogens is 1. The lowest BCUT2D eigenvalue weighted by atomic mass is 10.2. The second kappa shape index (κ2) is 5.53. The van der Waals surface area contributed by atoms with Gasteiger partial charge in [-0.05, 0) is 12.5 Å². The van der Waals surface area contributed by atoms with Crippen LogP contribution in [0.2, 0.25) is 0 Å². The molecular weight excluding hydrogens is 329 g/mol. The molecule has 17 heavy (non-hydrogen) atoms. The summed E-state index contributed by atoms with van der Waals surface area (Å²) in [6.45, 7) is 0.931. The van der Waals surface area contributed by atoms with Gasteiger partial charge in [-0.2, -0.15) is 0 Å². The second-order valence-corrected chi connectivity index (χ2v) is 4.87. The largest absolute Gasteiger partial charge is 0.465 e. The highest BCUT2D eigenvalue weighted by atomic mass is 127. The minimum Gasteiger partial charge on any atom is -0.465 e. The van der Waals surface area contributed by atoms with Crippen LogP contribution in [0.15, 0.2) is 30.5 Å². The Morgan fingerprint density at radius 2 is 2.18 bits per heavy atom. The number of alkyl halides is 1. The minimum atomic E-state index is -0.269. The van der Waals surface area contributed by atoms with Crippen LogP contribution in [-0.4, -0.2) is 22.1 Å². The van der Waals surface area contributed by atoms with Crippen LogP contribution in [0.4, 0.5) is 0 Å². The average Bonchev–Trinajstić information content (AvgIpc) is 2.74. The molecule has 4 heteroatoms. The van der Waals surface area contributed by atoms with Gasteiger partial charge in [-0.15, -0.1) is 0 Å². The number of esters is 1. The summed E-state index contributed by atoms with van der Waals surface area (Å²) in [6, 6.07) is 7.93. The van der Waals surface area contributed by atoms with Gasteiger partial charge < -0.3 is 9.30 Å². The summed E-state index contributed by atoms with van der Waals surface area (Å²) in [4.78, 5) is 11.7. The quantitative estimate of drug-likeness (QED) is 0.485. The van der Waals surface area contributed by atoms with E-state index in [0.29, 0.717) is 5.56 Å². The summed E-state index contributed by atoms with van der Waals surface area (Å²) >= 11 is 2.36. The number of hydrogen-bond donors (Lipinski definition) is 0. The Balaban J connectivity index is 2.50. The Morgan fingerprint density at radius 3 is 2.88 bits per heavy atom. The van der Waals surface area contributed by atoms with Crippen LogP contribution >= 0.6 is 22.6 Å². The van der Waals surface area contributed by atoms with E-state index in [2.05, 4.69) is 27.2 Å². The number of ether oxygens (including phenoxy) is 1. The third kappa shape index (κ3) is 2.46. The first-order valence-corrected chi connectivity index (χ1v) is 7.02. The molecule has 0 saturated heterocycles. The first-order valence-electron chi connectivity index (χ1n) is 5.50. The third-order valence-corrected chi connectivity index (χ3v) is 3.49. The molecule has 1 heterocycles. The topological polar surface area (TPSA) is 31.2 Å². The van der Waals surface area contributed by atoms with Gasteiger partial charge in [-0.3, -0.25) is 0 Å². The smallest absolute Gasteiger partial charge is 0.340 e. The highest BCUT2D eigenvalue weighted by molar-refractivity contribution is 14.1. The van der Waals surface area contributed by atoms with Crippen molar-refractivity contribution in [2.75, 3.05) is 11.5 Å². The van der Waals surface area contributed by atoms with E-state index in [1.807, 2.05) is 30.5 Å². The first kappa shape index (κ1) is 12.4. The maximum absolute atomic E-state index is 11.7. The van der Waals surface area contributed by atoms with Gasteiger partial charge in [-0.25, -0.2) is 4.79 Å². The summed E-state index contributed by atoms with van der Waals surface area (Å²) in [7, 11) is 1.42. The lowest BCUT2D eigenvalue weighted by molar-refractivity contribution is 0.0602. The van der Waals surface area contributed by atoms with Crippen molar-refractivity contribution >= 4 is 39.5 Å². The van der Waals surface area contributed by atoms with Crippen molar-refractivity contribution in [1.29, 1.82) is 0 Å². The summed E-state index contributed by atoms with van der Waals surface area (Å²) in [5, 5.41) is 0.966.